The van der Waals surface area contributed by atoms with Gasteiger partial charge in [0.15, 0.2) is 0 Å². The molecule has 20 heavy (non-hydrogen) atoms. The first-order chi connectivity index (χ1) is 9.38. The fourth-order valence-corrected chi connectivity index (χ4v) is 3.08. The van der Waals surface area contributed by atoms with Crippen LogP contribution in [-0.2, 0) is 14.4 Å². The highest BCUT2D eigenvalue weighted by Gasteiger charge is 2.54. The van der Waals surface area contributed by atoms with Gasteiger partial charge in [-0.3, -0.25) is 24.6 Å². The topological polar surface area (TPSA) is 110 Å². The number of barbiturate groups is 1. The first kappa shape index (κ1) is 14.5. The standard InChI is InChI=1S/C13H19N3O4/c1-8(7-9(14)17)16-11(19)13(5-3-2-4-6-13)10(18)15-12(16)20/h8H,2-7H2,1H3,(H2,14,17)(H,15,18,20). The third-order valence-corrected chi connectivity index (χ3v) is 4.15. The van der Waals surface area contributed by atoms with Crippen LogP contribution in [0.4, 0.5) is 4.79 Å². The molecule has 1 heterocycles. The second kappa shape index (κ2) is 5.22. The highest BCUT2D eigenvalue weighted by Crippen LogP contribution is 2.40. The molecule has 1 aliphatic heterocycles. The van der Waals surface area contributed by atoms with E-state index in [-0.39, 0.29) is 6.42 Å². The van der Waals surface area contributed by atoms with Crippen molar-refractivity contribution in [1.29, 1.82) is 0 Å². The Morgan fingerprint density at radius 2 is 1.90 bits per heavy atom. The first-order valence-corrected chi connectivity index (χ1v) is 6.86. The van der Waals surface area contributed by atoms with Crippen LogP contribution in [0.2, 0.25) is 0 Å². The summed E-state index contributed by atoms with van der Waals surface area (Å²) in [5.41, 5.74) is 3.97. The van der Waals surface area contributed by atoms with E-state index in [1.54, 1.807) is 6.92 Å². The lowest BCUT2D eigenvalue weighted by molar-refractivity contribution is -0.155. The Kier molecular flexibility index (Phi) is 3.78. The van der Waals surface area contributed by atoms with Crippen LogP contribution >= 0.6 is 0 Å². The van der Waals surface area contributed by atoms with Crippen molar-refractivity contribution in [2.24, 2.45) is 11.1 Å². The van der Waals surface area contributed by atoms with Gasteiger partial charge in [0.05, 0.1) is 0 Å². The number of amides is 5. The van der Waals surface area contributed by atoms with Gasteiger partial charge in [-0.2, -0.15) is 0 Å². The van der Waals surface area contributed by atoms with Crippen LogP contribution in [0, 0.1) is 5.41 Å². The van der Waals surface area contributed by atoms with E-state index >= 15 is 0 Å². The molecule has 2 rings (SSSR count). The van der Waals surface area contributed by atoms with Crippen molar-refractivity contribution in [3.63, 3.8) is 0 Å². The third-order valence-electron chi connectivity index (χ3n) is 4.15. The summed E-state index contributed by atoms with van der Waals surface area (Å²) in [6, 6.07) is -1.41. The van der Waals surface area contributed by atoms with Crippen molar-refractivity contribution >= 4 is 23.8 Å². The van der Waals surface area contributed by atoms with Gasteiger partial charge < -0.3 is 5.73 Å². The average molecular weight is 281 g/mol. The number of nitrogens with one attached hydrogen (secondary N) is 1. The Morgan fingerprint density at radius 3 is 2.45 bits per heavy atom. The van der Waals surface area contributed by atoms with Gasteiger partial charge in [0.1, 0.15) is 5.41 Å². The van der Waals surface area contributed by atoms with Gasteiger partial charge in [0.25, 0.3) is 0 Å². The molecule has 0 radical (unpaired) electrons. The quantitative estimate of drug-likeness (QED) is 0.724. The maximum absolute atomic E-state index is 12.6. The van der Waals surface area contributed by atoms with Crippen molar-refractivity contribution in [2.45, 2.75) is 51.5 Å². The van der Waals surface area contributed by atoms with Gasteiger partial charge in [-0.05, 0) is 19.8 Å². The molecular formula is C13H19N3O4. The Labute approximate surface area is 116 Å². The predicted molar refractivity (Wildman–Crippen MR) is 69.2 cm³/mol. The number of imide groups is 2. The molecule has 2 fully saturated rings. The van der Waals surface area contributed by atoms with E-state index in [0.29, 0.717) is 12.8 Å². The van der Waals surface area contributed by atoms with Crippen LogP contribution in [0.25, 0.3) is 0 Å². The second-order valence-electron chi connectivity index (χ2n) is 5.60. The average Bonchev–Trinajstić information content (AvgIpc) is 2.37. The van der Waals surface area contributed by atoms with Gasteiger partial charge in [-0.25, -0.2) is 4.79 Å². The second-order valence-corrected chi connectivity index (χ2v) is 5.60. The SMILES string of the molecule is CC(CC(N)=O)N1C(=O)NC(=O)C2(CCCCC2)C1=O. The molecule has 0 bridgehead atoms. The van der Waals surface area contributed by atoms with Crippen molar-refractivity contribution in [2.75, 3.05) is 0 Å². The lowest BCUT2D eigenvalue weighted by atomic mass is 9.71. The molecule has 1 atom stereocenters. The lowest BCUT2D eigenvalue weighted by Crippen LogP contribution is -2.66. The van der Waals surface area contributed by atoms with E-state index in [1.807, 2.05) is 0 Å². The summed E-state index contributed by atoms with van der Waals surface area (Å²) in [7, 11) is 0. The Morgan fingerprint density at radius 1 is 1.30 bits per heavy atom. The lowest BCUT2D eigenvalue weighted by Gasteiger charge is -2.43. The minimum absolute atomic E-state index is 0.108. The van der Waals surface area contributed by atoms with Crippen LogP contribution in [0.1, 0.15) is 45.4 Å². The molecule has 0 aromatic carbocycles. The van der Waals surface area contributed by atoms with Crippen LogP contribution < -0.4 is 11.1 Å². The molecular weight excluding hydrogens is 262 g/mol. The smallest absolute Gasteiger partial charge is 0.331 e. The number of rotatable bonds is 3. The zero-order valence-corrected chi connectivity index (χ0v) is 11.5. The highest BCUT2D eigenvalue weighted by molar-refractivity contribution is 6.19. The molecule has 0 aromatic heterocycles. The fourth-order valence-electron chi connectivity index (χ4n) is 3.08. The van der Waals surface area contributed by atoms with Gasteiger partial charge in [0, 0.05) is 12.5 Å². The number of hydrogen-bond donors (Lipinski definition) is 2. The van der Waals surface area contributed by atoms with Crippen LogP contribution in [0.15, 0.2) is 0 Å². The zero-order valence-electron chi connectivity index (χ0n) is 11.5. The van der Waals surface area contributed by atoms with E-state index in [1.165, 1.54) is 0 Å². The van der Waals surface area contributed by atoms with Crippen LogP contribution in [-0.4, -0.2) is 34.7 Å². The fraction of sp³-hybridized carbons (Fsp3) is 0.692. The largest absolute Gasteiger partial charge is 0.370 e. The number of nitrogens with two attached hydrogens (primary N) is 1. The van der Waals surface area contributed by atoms with Crippen LogP contribution in [0.3, 0.4) is 0 Å². The summed E-state index contributed by atoms with van der Waals surface area (Å²) in [5.74, 6) is -1.58. The summed E-state index contributed by atoms with van der Waals surface area (Å²) in [6.07, 6.45) is 3.34. The van der Waals surface area contributed by atoms with Gasteiger partial charge >= 0.3 is 6.03 Å². The van der Waals surface area contributed by atoms with E-state index in [4.69, 9.17) is 5.73 Å². The molecule has 1 saturated heterocycles. The van der Waals surface area contributed by atoms with Crippen molar-refractivity contribution in [3.05, 3.63) is 0 Å². The maximum atomic E-state index is 12.6. The van der Waals surface area contributed by atoms with E-state index in [0.717, 1.165) is 24.2 Å². The Bertz CT molecular complexity index is 468. The van der Waals surface area contributed by atoms with E-state index < -0.39 is 35.2 Å². The maximum Gasteiger partial charge on any atom is 0.331 e. The summed E-state index contributed by atoms with van der Waals surface area (Å²) in [6.45, 7) is 1.58. The molecule has 2 aliphatic rings. The molecule has 1 aliphatic carbocycles. The molecule has 5 amide bonds. The van der Waals surface area contributed by atoms with Gasteiger partial charge in [0.2, 0.25) is 17.7 Å². The van der Waals surface area contributed by atoms with E-state index in [9.17, 15) is 19.2 Å². The normalized spacial score (nSPS) is 23.6. The Hall–Kier alpha value is -1.92. The number of carbonyl (C=O) groups excluding carboxylic acids is 4. The summed E-state index contributed by atoms with van der Waals surface area (Å²) >= 11 is 0. The Balaban J connectivity index is 2.28. The summed E-state index contributed by atoms with van der Waals surface area (Å²) in [4.78, 5) is 48.6. The highest BCUT2D eigenvalue weighted by atomic mass is 16.2. The van der Waals surface area contributed by atoms with Crippen molar-refractivity contribution < 1.29 is 19.2 Å². The number of nitrogens with zero attached hydrogens (tertiary/aromatic N) is 1. The van der Waals surface area contributed by atoms with Crippen LogP contribution in [0.5, 0.6) is 0 Å². The molecule has 1 unspecified atom stereocenters. The summed E-state index contributed by atoms with van der Waals surface area (Å²) < 4.78 is 0. The number of urea groups is 1. The zero-order chi connectivity index (χ0) is 14.9. The predicted octanol–water partition coefficient (Wildman–Crippen LogP) is 0.279. The minimum Gasteiger partial charge on any atom is -0.370 e. The molecule has 110 valence electrons. The van der Waals surface area contributed by atoms with Crippen molar-refractivity contribution in [3.8, 4) is 0 Å². The minimum atomic E-state index is -1.14. The first-order valence-electron chi connectivity index (χ1n) is 6.86. The van der Waals surface area contributed by atoms with Gasteiger partial charge in [-0.1, -0.05) is 19.3 Å². The molecule has 0 aromatic rings. The van der Waals surface area contributed by atoms with E-state index in [2.05, 4.69) is 5.32 Å². The summed E-state index contributed by atoms with van der Waals surface area (Å²) in [5, 5.41) is 2.25. The number of carbonyl (C=O) groups is 4. The molecule has 1 spiro atoms. The van der Waals surface area contributed by atoms with Gasteiger partial charge in [-0.15, -0.1) is 0 Å². The molecule has 7 nitrogen and oxygen atoms in total. The third kappa shape index (κ3) is 2.28. The number of hydrogen-bond acceptors (Lipinski definition) is 4. The molecule has 3 N–H and O–H groups in total. The molecule has 1 saturated carbocycles. The molecule has 7 heteroatoms. The monoisotopic (exact) mass is 281 g/mol. The number of primary amides is 1. The van der Waals surface area contributed by atoms with Crippen molar-refractivity contribution in [1.82, 2.24) is 10.2 Å².